The molecule has 5 rings (SSSR count). The Balaban J connectivity index is 1.38. The lowest BCUT2D eigenvalue weighted by atomic mass is 10.0. The first-order valence-corrected chi connectivity index (χ1v) is 17.7. The van der Waals surface area contributed by atoms with Crippen LogP contribution in [0.25, 0.3) is 0 Å². The molecule has 246 valence electrons. The Morgan fingerprint density at radius 2 is 1.65 bits per heavy atom. The van der Waals surface area contributed by atoms with Crippen LogP contribution in [0.15, 0.2) is 72.8 Å². The molecule has 1 N–H and O–H groups in total. The van der Waals surface area contributed by atoms with Crippen LogP contribution in [0.5, 0.6) is 17.2 Å². The lowest BCUT2D eigenvalue weighted by molar-refractivity contribution is -0.141. The molecule has 0 unspecified atom stereocenters. The average molecular weight is 650 g/mol. The Morgan fingerprint density at radius 1 is 0.935 bits per heavy atom. The Kier molecular flexibility index (Phi) is 11.1. The standard InChI is InChI=1S/C35H43N3O7S/c1-43-30-15-8-12-27(22-30)25-37(31(23-26-10-4-3-5-11-26)35(40)36-28-13-6-7-14-28)34(39)16-9-19-38(46(2,41)42)29-17-18-32-33(24-29)45-21-20-44-32/h3-5,8,10-12,15,17-18,22,24,28,31H,6-7,9,13-14,16,19-21,23,25H2,1-2H3,(H,36,40)/t31-/m0/s1. The van der Waals surface area contributed by atoms with Crippen molar-refractivity contribution in [1.29, 1.82) is 0 Å². The van der Waals surface area contributed by atoms with E-state index in [1.54, 1.807) is 30.2 Å². The van der Waals surface area contributed by atoms with Crippen LogP contribution in [0.2, 0.25) is 0 Å². The van der Waals surface area contributed by atoms with Crippen molar-refractivity contribution >= 4 is 27.5 Å². The number of nitrogens with one attached hydrogen (secondary N) is 1. The van der Waals surface area contributed by atoms with Gasteiger partial charge in [0.05, 0.1) is 19.1 Å². The molecule has 11 heteroatoms. The maximum atomic E-state index is 14.1. The first-order chi connectivity index (χ1) is 22.2. The molecule has 1 aliphatic carbocycles. The van der Waals surface area contributed by atoms with Crippen molar-refractivity contribution in [3.63, 3.8) is 0 Å². The number of sulfonamides is 1. The van der Waals surface area contributed by atoms with Gasteiger partial charge in [0.1, 0.15) is 25.0 Å². The van der Waals surface area contributed by atoms with Crippen molar-refractivity contribution in [3.8, 4) is 17.2 Å². The van der Waals surface area contributed by atoms with Crippen molar-refractivity contribution in [2.45, 2.75) is 63.6 Å². The molecule has 1 aliphatic heterocycles. The molecule has 46 heavy (non-hydrogen) atoms. The van der Waals surface area contributed by atoms with E-state index in [0.29, 0.717) is 42.6 Å². The molecule has 0 aromatic heterocycles. The van der Waals surface area contributed by atoms with Crippen molar-refractivity contribution in [1.82, 2.24) is 10.2 Å². The van der Waals surface area contributed by atoms with E-state index >= 15 is 0 Å². The Labute approximate surface area is 271 Å². The minimum Gasteiger partial charge on any atom is -0.497 e. The Hall–Kier alpha value is -4.25. The largest absolute Gasteiger partial charge is 0.497 e. The number of carbonyl (C=O) groups excluding carboxylic acids is 2. The molecule has 2 aliphatic rings. The van der Waals surface area contributed by atoms with Crippen LogP contribution in [-0.4, -0.2) is 70.3 Å². The summed E-state index contributed by atoms with van der Waals surface area (Å²) in [6.07, 6.45) is 5.77. The fourth-order valence-electron chi connectivity index (χ4n) is 6.08. The Bertz CT molecular complexity index is 1590. The highest BCUT2D eigenvalue weighted by Gasteiger charge is 2.32. The maximum absolute atomic E-state index is 14.1. The second-order valence-corrected chi connectivity index (χ2v) is 13.7. The summed E-state index contributed by atoms with van der Waals surface area (Å²) in [7, 11) is -2.08. The zero-order valence-corrected chi connectivity index (χ0v) is 27.3. The molecule has 0 saturated heterocycles. The Morgan fingerprint density at radius 3 is 2.37 bits per heavy atom. The highest BCUT2D eigenvalue weighted by Crippen LogP contribution is 2.35. The summed E-state index contributed by atoms with van der Waals surface area (Å²) in [5, 5.41) is 3.22. The zero-order valence-electron chi connectivity index (χ0n) is 26.5. The molecule has 1 atom stereocenters. The van der Waals surface area contributed by atoms with Crippen LogP contribution in [-0.2, 0) is 32.6 Å². The van der Waals surface area contributed by atoms with Crippen LogP contribution >= 0.6 is 0 Å². The average Bonchev–Trinajstić information content (AvgIpc) is 3.57. The number of carbonyl (C=O) groups is 2. The molecule has 1 fully saturated rings. The first-order valence-electron chi connectivity index (χ1n) is 15.9. The van der Waals surface area contributed by atoms with Crippen LogP contribution in [0.1, 0.15) is 49.7 Å². The summed E-state index contributed by atoms with van der Waals surface area (Å²) in [5.41, 5.74) is 2.21. The predicted octanol–water partition coefficient (Wildman–Crippen LogP) is 4.71. The minimum atomic E-state index is -3.67. The van der Waals surface area contributed by atoms with E-state index in [-0.39, 0.29) is 43.8 Å². The van der Waals surface area contributed by atoms with Gasteiger partial charge in [-0.2, -0.15) is 0 Å². The topological polar surface area (TPSA) is 114 Å². The third-order valence-electron chi connectivity index (χ3n) is 8.43. The second kappa shape index (κ2) is 15.4. The summed E-state index contributed by atoms with van der Waals surface area (Å²) in [4.78, 5) is 29.7. The van der Waals surface area contributed by atoms with Gasteiger partial charge in [0.15, 0.2) is 11.5 Å². The van der Waals surface area contributed by atoms with Gasteiger partial charge in [-0.1, -0.05) is 55.3 Å². The second-order valence-electron chi connectivity index (χ2n) is 11.8. The van der Waals surface area contributed by atoms with Crippen molar-refractivity contribution < 1.29 is 32.2 Å². The number of hydrogen-bond acceptors (Lipinski definition) is 7. The van der Waals surface area contributed by atoms with Gasteiger partial charge in [-0.15, -0.1) is 0 Å². The van der Waals surface area contributed by atoms with Gasteiger partial charge in [-0.3, -0.25) is 13.9 Å². The molecule has 0 radical (unpaired) electrons. The van der Waals surface area contributed by atoms with Gasteiger partial charge in [-0.05, 0) is 54.7 Å². The third kappa shape index (κ3) is 8.72. The zero-order chi connectivity index (χ0) is 32.5. The maximum Gasteiger partial charge on any atom is 0.243 e. The van der Waals surface area contributed by atoms with Gasteiger partial charge in [0.2, 0.25) is 21.8 Å². The quantitative estimate of drug-likeness (QED) is 0.269. The SMILES string of the molecule is COc1cccc(CN(C(=O)CCCN(c2ccc3c(c2)OCCO3)S(C)(=O)=O)[C@@H](Cc2ccccc2)C(=O)NC2CCCC2)c1. The van der Waals surface area contributed by atoms with Crippen LogP contribution in [0.4, 0.5) is 5.69 Å². The van der Waals surface area contributed by atoms with Crippen molar-refractivity contribution in [2.75, 3.05) is 37.4 Å². The lowest BCUT2D eigenvalue weighted by Crippen LogP contribution is -2.52. The number of nitrogens with zero attached hydrogens (tertiary/aromatic N) is 2. The van der Waals surface area contributed by atoms with Gasteiger partial charge in [0, 0.05) is 38.0 Å². The van der Waals surface area contributed by atoms with Crippen LogP contribution in [0.3, 0.4) is 0 Å². The van der Waals surface area contributed by atoms with E-state index < -0.39 is 16.1 Å². The van der Waals surface area contributed by atoms with Gasteiger partial charge < -0.3 is 24.4 Å². The predicted molar refractivity (Wildman–Crippen MR) is 177 cm³/mol. The van der Waals surface area contributed by atoms with Gasteiger partial charge in [-0.25, -0.2) is 8.42 Å². The number of amides is 2. The number of rotatable bonds is 14. The minimum absolute atomic E-state index is 0.0442. The first kappa shape index (κ1) is 33.1. The highest BCUT2D eigenvalue weighted by atomic mass is 32.2. The monoisotopic (exact) mass is 649 g/mol. The fraction of sp³-hybridized carbons (Fsp3) is 0.429. The molecule has 2 amide bonds. The van der Waals surface area contributed by atoms with Crippen molar-refractivity contribution in [2.24, 2.45) is 0 Å². The fourth-order valence-corrected chi connectivity index (χ4v) is 7.04. The van der Waals surface area contributed by atoms with E-state index in [1.165, 1.54) is 4.31 Å². The summed E-state index contributed by atoms with van der Waals surface area (Å²) in [6.45, 7) is 1.09. The summed E-state index contributed by atoms with van der Waals surface area (Å²) >= 11 is 0. The highest BCUT2D eigenvalue weighted by molar-refractivity contribution is 7.92. The molecule has 3 aromatic carbocycles. The van der Waals surface area contributed by atoms with Crippen molar-refractivity contribution in [3.05, 3.63) is 83.9 Å². The molecular weight excluding hydrogens is 606 g/mol. The summed E-state index contributed by atoms with van der Waals surface area (Å²) in [5.74, 6) is 1.28. The van der Waals surface area contributed by atoms with E-state index in [4.69, 9.17) is 14.2 Å². The molecule has 10 nitrogen and oxygen atoms in total. The number of fused-ring (bicyclic) bond motifs is 1. The molecule has 0 bridgehead atoms. The van der Waals surface area contributed by atoms with E-state index in [2.05, 4.69) is 5.32 Å². The lowest BCUT2D eigenvalue weighted by Gasteiger charge is -2.33. The van der Waals surface area contributed by atoms with Gasteiger partial charge in [0.25, 0.3) is 0 Å². The molecule has 0 spiro atoms. The molecule has 1 heterocycles. The number of ether oxygens (including phenoxy) is 3. The van der Waals surface area contributed by atoms with Crippen LogP contribution < -0.4 is 23.8 Å². The van der Waals surface area contributed by atoms with E-state index in [9.17, 15) is 18.0 Å². The van der Waals surface area contributed by atoms with E-state index in [0.717, 1.165) is 43.1 Å². The summed E-state index contributed by atoms with van der Waals surface area (Å²) in [6, 6.07) is 21.5. The number of anilines is 1. The van der Waals surface area contributed by atoms with E-state index in [1.807, 2.05) is 54.6 Å². The number of methoxy groups -OCH3 is 1. The number of hydrogen-bond donors (Lipinski definition) is 1. The normalized spacial score (nSPS) is 15.2. The third-order valence-corrected chi connectivity index (χ3v) is 9.62. The number of benzene rings is 3. The molecular formula is C35H43N3O7S. The smallest absolute Gasteiger partial charge is 0.243 e. The molecule has 3 aromatic rings. The molecule has 1 saturated carbocycles. The van der Waals surface area contributed by atoms with Gasteiger partial charge >= 0.3 is 0 Å². The van der Waals surface area contributed by atoms with Crippen LogP contribution in [0, 0.1) is 0 Å². The summed E-state index contributed by atoms with van der Waals surface area (Å²) < 4.78 is 43.7.